The first-order valence-electron chi connectivity index (χ1n) is 9.44. The SMILES string of the molecule is COc1cc2ccccc2cc1C(=O)NCCCN1CCc2ccccc21. The van der Waals surface area contributed by atoms with Gasteiger partial charge in [0.25, 0.3) is 5.91 Å². The standard InChI is InChI=1S/C23H24N2O2/c1-27-22-16-19-9-3-2-8-18(19)15-20(22)23(26)24-12-6-13-25-14-11-17-7-4-5-10-21(17)25/h2-5,7-10,15-16H,6,11-14H2,1H3,(H,24,26). The smallest absolute Gasteiger partial charge is 0.255 e. The molecule has 0 aromatic heterocycles. The van der Waals surface area contributed by atoms with E-state index < -0.39 is 0 Å². The summed E-state index contributed by atoms with van der Waals surface area (Å²) < 4.78 is 5.43. The first kappa shape index (κ1) is 17.4. The lowest BCUT2D eigenvalue weighted by Crippen LogP contribution is -2.29. The zero-order valence-corrected chi connectivity index (χ0v) is 15.6. The molecule has 0 bridgehead atoms. The number of methoxy groups -OCH3 is 1. The van der Waals surface area contributed by atoms with E-state index in [2.05, 4.69) is 34.5 Å². The van der Waals surface area contributed by atoms with Gasteiger partial charge in [-0.05, 0) is 47.4 Å². The van der Waals surface area contributed by atoms with E-state index in [1.807, 2.05) is 36.4 Å². The van der Waals surface area contributed by atoms with Gasteiger partial charge in [-0.1, -0.05) is 42.5 Å². The van der Waals surface area contributed by atoms with Crippen LogP contribution in [0, 0.1) is 0 Å². The first-order valence-corrected chi connectivity index (χ1v) is 9.44. The van der Waals surface area contributed by atoms with Crippen LogP contribution >= 0.6 is 0 Å². The highest BCUT2D eigenvalue weighted by Gasteiger charge is 2.18. The number of nitrogens with one attached hydrogen (secondary N) is 1. The Morgan fingerprint density at radius 1 is 1.07 bits per heavy atom. The molecule has 0 fully saturated rings. The van der Waals surface area contributed by atoms with E-state index in [0.29, 0.717) is 17.9 Å². The van der Waals surface area contributed by atoms with E-state index in [9.17, 15) is 4.79 Å². The van der Waals surface area contributed by atoms with Crippen molar-refractivity contribution in [2.75, 3.05) is 31.6 Å². The summed E-state index contributed by atoms with van der Waals surface area (Å²) in [7, 11) is 1.60. The molecule has 1 heterocycles. The molecule has 1 N–H and O–H groups in total. The van der Waals surface area contributed by atoms with Crippen molar-refractivity contribution in [3.05, 3.63) is 71.8 Å². The van der Waals surface area contributed by atoms with Gasteiger partial charge in [-0.15, -0.1) is 0 Å². The topological polar surface area (TPSA) is 41.6 Å². The molecule has 3 aromatic carbocycles. The molecule has 0 saturated carbocycles. The molecule has 0 unspecified atom stereocenters. The summed E-state index contributed by atoms with van der Waals surface area (Å²) >= 11 is 0. The van der Waals surface area contributed by atoms with Crippen molar-refractivity contribution in [3.8, 4) is 5.75 Å². The fraction of sp³-hybridized carbons (Fsp3) is 0.261. The van der Waals surface area contributed by atoms with Crippen molar-refractivity contribution < 1.29 is 9.53 Å². The number of carbonyl (C=O) groups is 1. The summed E-state index contributed by atoms with van der Waals surface area (Å²) in [5, 5.41) is 5.15. The molecule has 4 rings (SSSR count). The Balaban J connectivity index is 1.37. The Bertz CT molecular complexity index is 968. The van der Waals surface area contributed by atoms with E-state index in [1.54, 1.807) is 7.11 Å². The minimum absolute atomic E-state index is 0.0839. The Hall–Kier alpha value is -3.01. The summed E-state index contributed by atoms with van der Waals surface area (Å²) in [6.07, 6.45) is 2.02. The Kier molecular flexibility index (Phi) is 4.97. The van der Waals surface area contributed by atoms with Gasteiger partial charge in [0.2, 0.25) is 0 Å². The lowest BCUT2D eigenvalue weighted by atomic mass is 10.1. The van der Waals surface area contributed by atoms with Gasteiger partial charge >= 0.3 is 0 Å². The third-order valence-corrected chi connectivity index (χ3v) is 5.19. The van der Waals surface area contributed by atoms with E-state index in [-0.39, 0.29) is 5.91 Å². The number of hydrogen-bond acceptors (Lipinski definition) is 3. The van der Waals surface area contributed by atoms with Crippen LogP contribution < -0.4 is 15.0 Å². The van der Waals surface area contributed by atoms with Gasteiger partial charge in [0.05, 0.1) is 12.7 Å². The van der Waals surface area contributed by atoms with Crippen molar-refractivity contribution in [3.63, 3.8) is 0 Å². The van der Waals surface area contributed by atoms with Crippen molar-refractivity contribution >= 4 is 22.4 Å². The van der Waals surface area contributed by atoms with Crippen LogP contribution in [0.25, 0.3) is 10.8 Å². The molecule has 1 amide bonds. The molecule has 4 heteroatoms. The van der Waals surface area contributed by atoms with Crippen molar-refractivity contribution in [2.24, 2.45) is 0 Å². The summed E-state index contributed by atoms with van der Waals surface area (Å²) in [4.78, 5) is 15.1. The number of hydrogen-bond donors (Lipinski definition) is 1. The maximum absolute atomic E-state index is 12.7. The van der Waals surface area contributed by atoms with Crippen LogP contribution in [0.5, 0.6) is 5.75 Å². The summed E-state index contributed by atoms with van der Waals surface area (Å²) in [5.41, 5.74) is 3.34. The molecule has 1 aliphatic heterocycles. The maximum Gasteiger partial charge on any atom is 0.255 e. The van der Waals surface area contributed by atoms with Crippen molar-refractivity contribution in [1.82, 2.24) is 5.32 Å². The van der Waals surface area contributed by atoms with Crippen molar-refractivity contribution in [1.29, 1.82) is 0 Å². The van der Waals surface area contributed by atoms with Crippen LogP contribution in [-0.4, -0.2) is 32.7 Å². The van der Waals surface area contributed by atoms with Gasteiger partial charge in [0.1, 0.15) is 5.75 Å². The van der Waals surface area contributed by atoms with E-state index in [4.69, 9.17) is 4.74 Å². The van der Waals surface area contributed by atoms with Gasteiger partial charge in [0.15, 0.2) is 0 Å². The van der Waals surface area contributed by atoms with Crippen molar-refractivity contribution in [2.45, 2.75) is 12.8 Å². The van der Waals surface area contributed by atoms with Gasteiger partial charge in [-0.3, -0.25) is 4.79 Å². The van der Waals surface area contributed by atoms with Crippen LogP contribution in [0.2, 0.25) is 0 Å². The number of rotatable bonds is 6. The molecule has 27 heavy (non-hydrogen) atoms. The number of ether oxygens (including phenoxy) is 1. The highest BCUT2D eigenvalue weighted by Crippen LogP contribution is 2.27. The molecule has 3 aromatic rings. The number of benzene rings is 3. The minimum atomic E-state index is -0.0839. The number of amides is 1. The quantitative estimate of drug-likeness (QED) is 0.675. The average molecular weight is 360 g/mol. The van der Waals surface area contributed by atoms with Gasteiger partial charge in [-0.2, -0.15) is 0 Å². The molecule has 1 aliphatic rings. The second-order valence-electron chi connectivity index (χ2n) is 6.87. The molecule has 0 spiro atoms. The Labute approximate surface area is 159 Å². The fourth-order valence-corrected chi connectivity index (χ4v) is 3.77. The predicted molar refractivity (Wildman–Crippen MR) is 110 cm³/mol. The second-order valence-corrected chi connectivity index (χ2v) is 6.87. The minimum Gasteiger partial charge on any atom is -0.496 e. The lowest BCUT2D eigenvalue weighted by Gasteiger charge is -2.19. The van der Waals surface area contributed by atoms with Gasteiger partial charge in [0, 0.05) is 25.3 Å². The van der Waals surface area contributed by atoms with Crippen LogP contribution in [0.1, 0.15) is 22.3 Å². The second kappa shape index (κ2) is 7.70. The summed E-state index contributed by atoms with van der Waals surface area (Å²) in [5.74, 6) is 0.527. The summed E-state index contributed by atoms with van der Waals surface area (Å²) in [6, 6.07) is 20.4. The predicted octanol–water partition coefficient (Wildman–Crippen LogP) is 4.03. The molecule has 138 valence electrons. The van der Waals surface area contributed by atoms with E-state index >= 15 is 0 Å². The molecular formula is C23H24N2O2. The molecular weight excluding hydrogens is 336 g/mol. The first-order chi connectivity index (χ1) is 13.3. The van der Waals surface area contributed by atoms with Crippen LogP contribution in [-0.2, 0) is 6.42 Å². The number of nitrogens with zero attached hydrogens (tertiary/aromatic N) is 1. The Morgan fingerprint density at radius 2 is 1.81 bits per heavy atom. The zero-order chi connectivity index (χ0) is 18.6. The highest BCUT2D eigenvalue weighted by atomic mass is 16.5. The van der Waals surface area contributed by atoms with E-state index in [1.165, 1.54) is 11.3 Å². The van der Waals surface area contributed by atoms with Crippen LogP contribution in [0.3, 0.4) is 0 Å². The third-order valence-electron chi connectivity index (χ3n) is 5.19. The highest BCUT2D eigenvalue weighted by molar-refractivity contribution is 6.01. The fourth-order valence-electron chi connectivity index (χ4n) is 3.77. The van der Waals surface area contributed by atoms with Gasteiger partial charge < -0.3 is 15.0 Å². The molecule has 0 saturated heterocycles. The summed E-state index contributed by atoms with van der Waals surface area (Å²) in [6.45, 7) is 2.66. The molecule has 0 atom stereocenters. The number of fused-ring (bicyclic) bond motifs is 2. The van der Waals surface area contributed by atoms with Crippen LogP contribution in [0.15, 0.2) is 60.7 Å². The maximum atomic E-state index is 12.7. The number of carbonyl (C=O) groups excluding carboxylic acids is 1. The molecule has 4 nitrogen and oxygen atoms in total. The van der Waals surface area contributed by atoms with Crippen LogP contribution in [0.4, 0.5) is 5.69 Å². The number of para-hydroxylation sites is 1. The lowest BCUT2D eigenvalue weighted by molar-refractivity contribution is 0.0950. The normalized spacial score (nSPS) is 12.9. The number of anilines is 1. The largest absolute Gasteiger partial charge is 0.496 e. The monoisotopic (exact) mass is 360 g/mol. The van der Waals surface area contributed by atoms with Gasteiger partial charge in [-0.25, -0.2) is 0 Å². The third kappa shape index (κ3) is 3.61. The Morgan fingerprint density at radius 3 is 2.63 bits per heavy atom. The molecule has 0 radical (unpaired) electrons. The van der Waals surface area contributed by atoms with E-state index in [0.717, 1.165) is 36.7 Å². The zero-order valence-electron chi connectivity index (χ0n) is 15.6. The molecule has 0 aliphatic carbocycles. The average Bonchev–Trinajstić information content (AvgIpc) is 3.13.